The Bertz CT molecular complexity index is 595. The summed E-state index contributed by atoms with van der Waals surface area (Å²) >= 11 is 11.7. The van der Waals surface area contributed by atoms with Crippen molar-refractivity contribution in [2.45, 2.75) is 13.5 Å². The molecule has 0 aliphatic heterocycles. The predicted molar refractivity (Wildman–Crippen MR) is 72.7 cm³/mol. The maximum absolute atomic E-state index is 13.5. The van der Waals surface area contributed by atoms with Crippen LogP contribution < -0.4 is 5.32 Å². The number of anilines is 1. The van der Waals surface area contributed by atoms with E-state index in [1.54, 1.807) is 13.0 Å². The minimum atomic E-state index is -0.878. The Labute approximate surface area is 119 Å². The van der Waals surface area contributed by atoms with Gasteiger partial charge in [0.1, 0.15) is 5.15 Å². The maximum atomic E-state index is 13.5. The van der Waals surface area contributed by atoms with Crippen LogP contribution in [0.2, 0.25) is 10.3 Å². The summed E-state index contributed by atoms with van der Waals surface area (Å²) in [5.41, 5.74) is 1.54. The van der Waals surface area contributed by atoms with Crippen molar-refractivity contribution in [1.82, 2.24) is 4.98 Å². The van der Waals surface area contributed by atoms with Crippen LogP contribution in [-0.2, 0) is 6.54 Å². The van der Waals surface area contributed by atoms with Gasteiger partial charge in [-0.25, -0.2) is 13.8 Å². The molecule has 2 nitrogen and oxygen atoms in total. The van der Waals surface area contributed by atoms with Gasteiger partial charge in [0.25, 0.3) is 0 Å². The first-order chi connectivity index (χ1) is 8.99. The fourth-order valence-corrected chi connectivity index (χ4v) is 2.27. The fraction of sp³-hybridized carbons (Fsp3) is 0.154. The standard InChI is InChI=1S/C13H10Cl2F2N2/c1-7-5-10(14)19-13(15)12(7)18-6-8-3-2-4-9(16)11(8)17/h2-5,18H,6H2,1H3. The van der Waals surface area contributed by atoms with Gasteiger partial charge in [0.05, 0.1) is 5.69 Å². The van der Waals surface area contributed by atoms with E-state index in [0.717, 1.165) is 11.6 Å². The third kappa shape index (κ3) is 3.14. The molecule has 0 amide bonds. The molecule has 0 aliphatic carbocycles. The highest BCUT2D eigenvalue weighted by atomic mass is 35.5. The monoisotopic (exact) mass is 302 g/mol. The first kappa shape index (κ1) is 14.0. The molecule has 0 fully saturated rings. The van der Waals surface area contributed by atoms with E-state index in [2.05, 4.69) is 10.3 Å². The number of aromatic nitrogens is 1. The normalized spacial score (nSPS) is 10.6. The Morgan fingerprint density at radius 3 is 2.68 bits per heavy atom. The lowest BCUT2D eigenvalue weighted by Gasteiger charge is -2.12. The lowest BCUT2D eigenvalue weighted by atomic mass is 10.2. The van der Waals surface area contributed by atoms with Crippen LogP contribution in [0.1, 0.15) is 11.1 Å². The molecule has 0 saturated heterocycles. The summed E-state index contributed by atoms with van der Waals surface area (Å²) in [5.74, 6) is -1.75. The van der Waals surface area contributed by atoms with Crippen molar-refractivity contribution in [2.24, 2.45) is 0 Å². The molecule has 1 aromatic heterocycles. The van der Waals surface area contributed by atoms with Gasteiger partial charge in [0, 0.05) is 12.1 Å². The summed E-state index contributed by atoms with van der Waals surface area (Å²) in [4.78, 5) is 3.89. The lowest BCUT2D eigenvalue weighted by Crippen LogP contribution is -2.05. The quantitative estimate of drug-likeness (QED) is 0.839. The van der Waals surface area contributed by atoms with Crippen LogP contribution in [0.4, 0.5) is 14.5 Å². The van der Waals surface area contributed by atoms with Gasteiger partial charge in [-0.15, -0.1) is 0 Å². The number of aryl methyl sites for hydroxylation is 1. The fourth-order valence-electron chi connectivity index (χ4n) is 1.68. The highest BCUT2D eigenvalue weighted by molar-refractivity contribution is 6.34. The number of hydrogen-bond acceptors (Lipinski definition) is 2. The second-order valence-corrected chi connectivity index (χ2v) is 4.74. The zero-order valence-corrected chi connectivity index (χ0v) is 11.5. The summed E-state index contributed by atoms with van der Waals surface area (Å²) in [6.45, 7) is 1.90. The number of rotatable bonds is 3. The molecule has 100 valence electrons. The molecule has 2 aromatic rings. The summed E-state index contributed by atoms with van der Waals surface area (Å²) < 4.78 is 26.5. The summed E-state index contributed by atoms with van der Waals surface area (Å²) in [7, 11) is 0. The van der Waals surface area contributed by atoms with Crippen molar-refractivity contribution in [3.05, 3.63) is 57.3 Å². The smallest absolute Gasteiger partial charge is 0.163 e. The Balaban J connectivity index is 2.22. The zero-order valence-electron chi connectivity index (χ0n) is 9.98. The Morgan fingerprint density at radius 1 is 1.26 bits per heavy atom. The first-order valence-electron chi connectivity index (χ1n) is 5.48. The van der Waals surface area contributed by atoms with Gasteiger partial charge in [-0.1, -0.05) is 35.3 Å². The van der Waals surface area contributed by atoms with Gasteiger partial charge < -0.3 is 5.32 Å². The highest BCUT2D eigenvalue weighted by Gasteiger charge is 2.10. The largest absolute Gasteiger partial charge is 0.378 e. The molecule has 0 spiro atoms. The average Bonchev–Trinajstić information content (AvgIpc) is 2.33. The van der Waals surface area contributed by atoms with E-state index in [0.29, 0.717) is 5.69 Å². The minimum absolute atomic E-state index is 0.105. The number of nitrogens with zero attached hydrogens (tertiary/aromatic N) is 1. The van der Waals surface area contributed by atoms with Crippen LogP contribution in [-0.4, -0.2) is 4.98 Å². The first-order valence-corrected chi connectivity index (χ1v) is 6.24. The summed E-state index contributed by atoms with van der Waals surface area (Å²) in [6.07, 6.45) is 0. The second-order valence-electron chi connectivity index (χ2n) is 3.99. The van der Waals surface area contributed by atoms with E-state index in [-0.39, 0.29) is 22.4 Å². The third-order valence-electron chi connectivity index (χ3n) is 2.63. The third-order valence-corrected chi connectivity index (χ3v) is 3.10. The topological polar surface area (TPSA) is 24.9 Å². The summed E-state index contributed by atoms with van der Waals surface area (Å²) in [6, 6.07) is 5.65. The van der Waals surface area contributed by atoms with Gasteiger partial charge in [0.2, 0.25) is 0 Å². The molecule has 0 radical (unpaired) electrons. The maximum Gasteiger partial charge on any atom is 0.163 e. The molecule has 0 aliphatic rings. The highest BCUT2D eigenvalue weighted by Crippen LogP contribution is 2.27. The number of pyridine rings is 1. The Morgan fingerprint density at radius 2 is 2.00 bits per heavy atom. The van der Waals surface area contributed by atoms with E-state index in [1.165, 1.54) is 12.1 Å². The van der Waals surface area contributed by atoms with Crippen molar-refractivity contribution in [3.8, 4) is 0 Å². The van der Waals surface area contributed by atoms with Gasteiger partial charge in [-0.3, -0.25) is 0 Å². The predicted octanol–water partition coefficient (Wildman–Crippen LogP) is 4.59. The van der Waals surface area contributed by atoms with Gasteiger partial charge >= 0.3 is 0 Å². The lowest BCUT2D eigenvalue weighted by molar-refractivity contribution is 0.500. The Kier molecular flexibility index (Phi) is 4.22. The van der Waals surface area contributed by atoms with E-state index >= 15 is 0 Å². The molecule has 0 saturated carbocycles. The molecule has 0 unspecified atom stereocenters. The number of benzene rings is 1. The van der Waals surface area contributed by atoms with Crippen LogP contribution in [0, 0.1) is 18.6 Å². The van der Waals surface area contributed by atoms with Crippen molar-refractivity contribution < 1.29 is 8.78 Å². The number of hydrogen-bond donors (Lipinski definition) is 1. The van der Waals surface area contributed by atoms with E-state index in [1.807, 2.05) is 0 Å². The van der Waals surface area contributed by atoms with Crippen LogP contribution in [0.5, 0.6) is 0 Å². The molecule has 1 aromatic carbocycles. The number of nitrogens with one attached hydrogen (secondary N) is 1. The number of halogens is 4. The van der Waals surface area contributed by atoms with Crippen LogP contribution >= 0.6 is 23.2 Å². The van der Waals surface area contributed by atoms with Crippen molar-refractivity contribution in [2.75, 3.05) is 5.32 Å². The van der Waals surface area contributed by atoms with Crippen molar-refractivity contribution in [3.63, 3.8) is 0 Å². The molecule has 6 heteroatoms. The van der Waals surface area contributed by atoms with E-state index < -0.39 is 11.6 Å². The zero-order chi connectivity index (χ0) is 14.0. The van der Waals surface area contributed by atoms with Gasteiger partial charge in [0.15, 0.2) is 16.8 Å². The Hall–Kier alpha value is -1.39. The molecule has 0 bridgehead atoms. The van der Waals surface area contributed by atoms with Gasteiger partial charge in [-0.2, -0.15) is 0 Å². The molecule has 1 heterocycles. The van der Waals surface area contributed by atoms with Crippen LogP contribution in [0.15, 0.2) is 24.3 Å². The molecule has 0 atom stereocenters. The van der Waals surface area contributed by atoms with Gasteiger partial charge in [-0.05, 0) is 24.6 Å². The molecule has 1 N–H and O–H groups in total. The molecular formula is C13H10Cl2F2N2. The molecule has 19 heavy (non-hydrogen) atoms. The van der Waals surface area contributed by atoms with Crippen molar-refractivity contribution in [1.29, 1.82) is 0 Å². The van der Waals surface area contributed by atoms with Crippen LogP contribution in [0.3, 0.4) is 0 Å². The SMILES string of the molecule is Cc1cc(Cl)nc(Cl)c1NCc1cccc(F)c1F. The van der Waals surface area contributed by atoms with E-state index in [4.69, 9.17) is 23.2 Å². The van der Waals surface area contributed by atoms with Crippen molar-refractivity contribution >= 4 is 28.9 Å². The molecular weight excluding hydrogens is 293 g/mol. The second kappa shape index (κ2) is 5.72. The van der Waals surface area contributed by atoms with E-state index in [9.17, 15) is 8.78 Å². The summed E-state index contributed by atoms with van der Waals surface area (Å²) in [5, 5.41) is 3.41. The molecule has 2 rings (SSSR count). The van der Waals surface area contributed by atoms with Crippen LogP contribution in [0.25, 0.3) is 0 Å². The minimum Gasteiger partial charge on any atom is -0.378 e. The average molecular weight is 303 g/mol.